The molecule has 0 amide bonds. The summed E-state index contributed by atoms with van der Waals surface area (Å²) >= 11 is 0. The van der Waals surface area contributed by atoms with Crippen molar-refractivity contribution in [3.63, 3.8) is 0 Å². The van der Waals surface area contributed by atoms with E-state index in [0.29, 0.717) is 18.1 Å². The molecule has 1 aliphatic carbocycles. The molecule has 2 heteroatoms. The maximum atomic E-state index is 5.94. The van der Waals surface area contributed by atoms with Gasteiger partial charge in [-0.05, 0) is 56.4 Å². The van der Waals surface area contributed by atoms with Crippen LogP contribution in [0.1, 0.15) is 74.1 Å². The zero-order chi connectivity index (χ0) is 16.7. The molecule has 0 aromatic heterocycles. The van der Waals surface area contributed by atoms with Gasteiger partial charge in [-0.25, -0.2) is 0 Å². The number of nitrogens with zero attached hydrogens (tertiary/aromatic N) is 1. The first kappa shape index (κ1) is 22.4. The lowest BCUT2D eigenvalue weighted by molar-refractivity contribution is 0.0166. The number of ether oxygens (including phenoxy) is 1. The van der Waals surface area contributed by atoms with E-state index in [1.54, 1.807) is 6.20 Å². The molecule has 2 nitrogen and oxygen atoms in total. The van der Waals surface area contributed by atoms with Crippen LogP contribution < -0.4 is 0 Å². The Balaban J connectivity index is 0. The third kappa shape index (κ3) is 11.4. The topological polar surface area (TPSA) is 21.6 Å². The lowest BCUT2D eigenvalue weighted by atomic mass is 9.76. The fraction of sp³-hybridized carbons (Fsp3) is 0.737. The zero-order valence-electron chi connectivity index (χ0n) is 15.4. The fourth-order valence-corrected chi connectivity index (χ4v) is 2.13. The van der Waals surface area contributed by atoms with Crippen molar-refractivity contribution in [2.75, 3.05) is 6.61 Å². The minimum Gasteiger partial charge on any atom is -0.374 e. The van der Waals surface area contributed by atoms with Gasteiger partial charge in [0.25, 0.3) is 0 Å². The van der Waals surface area contributed by atoms with Crippen LogP contribution in [0.4, 0.5) is 0 Å². The van der Waals surface area contributed by atoms with E-state index in [1.807, 2.05) is 40.7 Å². The lowest BCUT2D eigenvalue weighted by Gasteiger charge is -2.34. The van der Waals surface area contributed by atoms with Crippen LogP contribution in [-0.4, -0.2) is 19.4 Å². The Kier molecular flexibility index (Phi) is 15.0. The average Bonchev–Trinajstić information content (AvgIpc) is 2.53. The Morgan fingerprint density at radius 2 is 1.71 bits per heavy atom. The molecule has 0 unspecified atom stereocenters. The largest absolute Gasteiger partial charge is 0.374 e. The van der Waals surface area contributed by atoms with Gasteiger partial charge in [-0.2, -0.15) is 0 Å². The van der Waals surface area contributed by atoms with Crippen LogP contribution >= 0.6 is 0 Å². The van der Waals surface area contributed by atoms with Crippen molar-refractivity contribution in [3.05, 3.63) is 23.9 Å². The SMILES string of the molecule is C=N/C=C\C(=C/C)COC1CCC(C)(C)CC1.CC.CC. The second kappa shape index (κ2) is 14.1. The Hall–Kier alpha value is -0.890. The summed E-state index contributed by atoms with van der Waals surface area (Å²) in [5.74, 6) is 0. The van der Waals surface area contributed by atoms with Gasteiger partial charge in [0, 0.05) is 6.20 Å². The third-order valence-corrected chi connectivity index (χ3v) is 3.54. The summed E-state index contributed by atoms with van der Waals surface area (Å²) in [6.07, 6.45) is 11.1. The van der Waals surface area contributed by atoms with Crippen molar-refractivity contribution in [3.8, 4) is 0 Å². The van der Waals surface area contributed by atoms with Crippen LogP contribution in [-0.2, 0) is 4.74 Å². The van der Waals surface area contributed by atoms with E-state index in [1.165, 1.54) is 31.3 Å². The van der Waals surface area contributed by atoms with E-state index in [4.69, 9.17) is 4.74 Å². The maximum Gasteiger partial charge on any atom is 0.0718 e. The molecule has 0 radical (unpaired) electrons. The first-order chi connectivity index (χ1) is 10.1. The maximum absolute atomic E-state index is 5.94. The Bertz CT molecular complexity index is 293. The summed E-state index contributed by atoms with van der Waals surface area (Å²) < 4.78 is 5.94. The molecule has 0 N–H and O–H groups in total. The second-order valence-electron chi connectivity index (χ2n) is 5.54. The van der Waals surface area contributed by atoms with Crippen molar-refractivity contribution >= 4 is 6.72 Å². The van der Waals surface area contributed by atoms with Crippen molar-refractivity contribution in [1.29, 1.82) is 0 Å². The summed E-state index contributed by atoms with van der Waals surface area (Å²) in [5, 5.41) is 0. The van der Waals surface area contributed by atoms with E-state index in [9.17, 15) is 0 Å². The Morgan fingerprint density at radius 1 is 1.19 bits per heavy atom. The van der Waals surface area contributed by atoms with Crippen molar-refractivity contribution in [2.45, 2.75) is 80.3 Å². The molecule has 0 bridgehead atoms. The molecule has 0 spiro atoms. The van der Waals surface area contributed by atoms with Crippen LogP contribution in [0.3, 0.4) is 0 Å². The third-order valence-electron chi connectivity index (χ3n) is 3.54. The van der Waals surface area contributed by atoms with Crippen LogP contribution in [0.2, 0.25) is 0 Å². The normalized spacial score (nSPS) is 18.3. The zero-order valence-corrected chi connectivity index (χ0v) is 15.4. The summed E-state index contributed by atoms with van der Waals surface area (Å²) in [6, 6.07) is 0. The summed E-state index contributed by atoms with van der Waals surface area (Å²) in [5.41, 5.74) is 1.68. The van der Waals surface area contributed by atoms with E-state index < -0.39 is 0 Å². The minimum absolute atomic E-state index is 0.433. The molecule has 0 heterocycles. The average molecular weight is 296 g/mol. The van der Waals surface area contributed by atoms with E-state index in [2.05, 4.69) is 31.6 Å². The van der Waals surface area contributed by atoms with Crippen LogP contribution in [0.5, 0.6) is 0 Å². The molecular formula is C19H37NO. The van der Waals surface area contributed by atoms with E-state index in [0.717, 1.165) is 0 Å². The standard InChI is InChI=1S/C15H25NO.2C2H6/c1-5-13(8-11-16-4)12-17-14-6-9-15(2,3)10-7-14;2*1-2/h5,8,11,14H,4,6-7,9-10,12H2,1-3H3;2*1-2H3/b11-8-,13-5+;;. The molecule has 0 aromatic carbocycles. The van der Waals surface area contributed by atoms with Gasteiger partial charge in [0.05, 0.1) is 12.7 Å². The van der Waals surface area contributed by atoms with Gasteiger partial charge in [-0.15, -0.1) is 0 Å². The first-order valence-electron chi connectivity index (χ1n) is 8.46. The molecule has 21 heavy (non-hydrogen) atoms. The lowest BCUT2D eigenvalue weighted by Crippen LogP contribution is -2.26. The Labute approximate surface area is 133 Å². The predicted octanol–water partition coefficient (Wildman–Crippen LogP) is 6.18. The fourth-order valence-electron chi connectivity index (χ4n) is 2.13. The molecule has 0 atom stereocenters. The van der Waals surface area contributed by atoms with Crippen LogP contribution in [0.25, 0.3) is 0 Å². The number of aliphatic imine (C=N–C) groups is 1. The second-order valence-corrected chi connectivity index (χ2v) is 5.54. The molecule has 0 saturated heterocycles. The van der Waals surface area contributed by atoms with Crippen LogP contribution in [0, 0.1) is 5.41 Å². The summed E-state index contributed by atoms with van der Waals surface area (Å²) in [6.45, 7) is 18.8. The van der Waals surface area contributed by atoms with Crippen molar-refractivity contribution in [2.24, 2.45) is 10.4 Å². The first-order valence-corrected chi connectivity index (χ1v) is 8.46. The highest BCUT2D eigenvalue weighted by Crippen LogP contribution is 2.36. The molecule has 1 rings (SSSR count). The van der Waals surface area contributed by atoms with Gasteiger partial charge in [0.2, 0.25) is 0 Å². The minimum atomic E-state index is 0.433. The van der Waals surface area contributed by atoms with E-state index in [-0.39, 0.29) is 0 Å². The van der Waals surface area contributed by atoms with Gasteiger partial charge in [-0.1, -0.05) is 47.6 Å². The van der Waals surface area contributed by atoms with E-state index >= 15 is 0 Å². The summed E-state index contributed by atoms with van der Waals surface area (Å²) in [4.78, 5) is 3.71. The summed E-state index contributed by atoms with van der Waals surface area (Å²) in [7, 11) is 0. The smallest absolute Gasteiger partial charge is 0.0718 e. The van der Waals surface area contributed by atoms with Crippen LogP contribution in [0.15, 0.2) is 28.9 Å². The van der Waals surface area contributed by atoms with Crippen molar-refractivity contribution < 1.29 is 4.74 Å². The quantitative estimate of drug-likeness (QED) is 0.438. The number of allylic oxidation sites excluding steroid dienone is 1. The van der Waals surface area contributed by atoms with Gasteiger partial charge >= 0.3 is 0 Å². The van der Waals surface area contributed by atoms with Gasteiger partial charge in [-0.3, -0.25) is 4.99 Å². The Morgan fingerprint density at radius 3 is 2.14 bits per heavy atom. The predicted molar refractivity (Wildman–Crippen MR) is 97.1 cm³/mol. The van der Waals surface area contributed by atoms with Gasteiger partial charge < -0.3 is 4.74 Å². The highest BCUT2D eigenvalue weighted by molar-refractivity contribution is 5.27. The molecule has 1 fully saturated rings. The van der Waals surface area contributed by atoms with Crippen molar-refractivity contribution in [1.82, 2.24) is 0 Å². The molecule has 124 valence electrons. The molecule has 1 aliphatic rings. The molecular weight excluding hydrogens is 258 g/mol. The number of rotatable bonds is 5. The number of hydrogen-bond acceptors (Lipinski definition) is 2. The number of hydrogen-bond donors (Lipinski definition) is 0. The van der Waals surface area contributed by atoms with Gasteiger partial charge in [0.1, 0.15) is 0 Å². The molecule has 0 aliphatic heterocycles. The molecule has 0 aromatic rings. The highest BCUT2D eigenvalue weighted by Gasteiger charge is 2.26. The molecule has 1 saturated carbocycles. The monoisotopic (exact) mass is 295 g/mol. The van der Waals surface area contributed by atoms with Gasteiger partial charge in [0.15, 0.2) is 0 Å². The highest BCUT2D eigenvalue weighted by atomic mass is 16.5.